The molecule has 2 aliphatic heterocycles. The number of hydrogen-bond donors (Lipinski definition) is 1. The number of carbonyl (C=O) groups excluding carboxylic acids is 1. The second-order valence-electron chi connectivity index (χ2n) is 6.73. The van der Waals surface area contributed by atoms with Gasteiger partial charge in [0.1, 0.15) is 0 Å². The summed E-state index contributed by atoms with van der Waals surface area (Å²) in [6.45, 7) is 11.3. The lowest BCUT2D eigenvalue weighted by atomic mass is 10.2. The summed E-state index contributed by atoms with van der Waals surface area (Å²) in [5, 5.41) is 3.37. The van der Waals surface area contributed by atoms with Gasteiger partial charge in [-0.25, -0.2) is 0 Å². The summed E-state index contributed by atoms with van der Waals surface area (Å²) in [5.41, 5.74) is 2.56. The first-order valence-electron chi connectivity index (χ1n) is 8.67. The quantitative estimate of drug-likeness (QED) is 0.901. The first-order chi connectivity index (χ1) is 11.1. The van der Waals surface area contributed by atoms with Crippen molar-refractivity contribution < 1.29 is 4.79 Å². The molecule has 3 rings (SSSR count). The Bertz CT molecular complexity index is 540. The van der Waals surface area contributed by atoms with Crippen LogP contribution in [0.25, 0.3) is 0 Å². The smallest absolute Gasteiger partial charge is 0.236 e. The van der Waals surface area contributed by atoms with Crippen LogP contribution in [0.5, 0.6) is 0 Å². The SMILES string of the molecule is Cc1cccc(N2CCN(C(=O)CN3CCNC[C@@H]3C)CC2)c1. The molecule has 1 N–H and O–H groups in total. The van der Waals surface area contributed by atoms with Gasteiger partial charge in [-0.3, -0.25) is 9.69 Å². The van der Waals surface area contributed by atoms with Crippen LogP contribution in [0, 0.1) is 6.92 Å². The molecule has 0 aliphatic carbocycles. The Morgan fingerprint density at radius 3 is 2.70 bits per heavy atom. The predicted octanol–water partition coefficient (Wildman–Crippen LogP) is 0.937. The van der Waals surface area contributed by atoms with Crippen molar-refractivity contribution in [2.75, 3.05) is 57.3 Å². The van der Waals surface area contributed by atoms with Crippen LogP contribution in [0.15, 0.2) is 24.3 Å². The average Bonchev–Trinajstić information content (AvgIpc) is 2.57. The number of carbonyl (C=O) groups is 1. The van der Waals surface area contributed by atoms with Crippen molar-refractivity contribution in [3.8, 4) is 0 Å². The first-order valence-corrected chi connectivity index (χ1v) is 8.67. The van der Waals surface area contributed by atoms with Gasteiger partial charge >= 0.3 is 0 Å². The van der Waals surface area contributed by atoms with Crippen LogP contribution >= 0.6 is 0 Å². The lowest BCUT2D eigenvalue weighted by Gasteiger charge is -2.39. The predicted molar refractivity (Wildman–Crippen MR) is 93.9 cm³/mol. The molecule has 1 amide bonds. The van der Waals surface area contributed by atoms with Gasteiger partial charge in [-0.05, 0) is 31.5 Å². The molecule has 2 saturated heterocycles. The van der Waals surface area contributed by atoms with Crippen LogP contribution in [0.2, 0.25) is 0 Å². The Kier molecular flexibility index (Phi) is 5.18. The molecule has 0 bridgehead atoms. The van der Waals surface area contributed by atoms with Gasteiger partial charge in [-0.2, -0.15) is 0 Å². The normalized spacial score (nSPS) is 23.1. The number of rotatable bonds is 3. The number of hydrogen-bond acceptors (Lipinski definition) is 4. The van der Waals surface area contributed by atoms with E-state index in [0.29, 0.717) is 12.6 Å². The lowest BCUT2D eigenvalue weighted by Crippen LogP contribution is -2.55. The highest BCUT2D eigenvalue weighted by Crippen LogP contribution is 2.18. The third kappa shape index (κ3) is 4.03. The van der Waals surface area contributed by atoms with E-state index < -0.39 is 0 Å². The average molecular weight is 316 g/mol. The fourth-order valence-corrected chi connectivity index (χ4v) is 3.43. The highest BCUT2D eigenvalue weighted by atomic mass is 16.2. The van der Waals surface area contributed by atoms with Gasteiger partial charge < -0.3 is 15.1 Å². The molecule has 2 fully saturated rings. The zero-order valence-electron chi connectivity index (χ0n) is 14.3. The van der Waals surface area contributed by atoms with Gasteiger partial charge in [-0.1, -0.05) is 12.1 Å². The van der Waals surface area contributed by atoms with Crippen LogP contribution in [0.3, 0.4) is 0 Å². The number of benzene rings is 1. The Labute approximate surface area is 139 Å². The lowest BCUT2D eigenvalue weighted by molar-refractivity contribution is -0.133. The van der Waals surface area contributed by atoms with Crippen LogP contribution in [-0.4, -0.2) is 74.1 Å². The molecule has 126 valence electrons. The van der Waals surface area contributed by atoms with E-state index in [1.54, 1.807) is 0 Å². The van der Waals surface area contributed by atoms with Crippen LogP contribution in [0.1, 0.15) is 12.5 Å². The Morgan fingerprint density at radius 1 is 1.22 bits per heavy atom. The van der Waals surface area contributed by atoms with Gasteiger partial charge in [0.15, 0.2) is 0 Å². The fraction of sp³-hybridized carbons (Fsp3) is 0.611. The van der Waals surface area contributed by atoms with Crippen molar-refractivity contribution in [2.24, 2.45) is 0 Å². The zero-order chi connectivity index (χ0) is 16.2. The highest BCUT2D eigenvalue weighted by Gasteiger charge is 2.25. The van der Waals surface area contributed by atoms with E-state index >= 15 is 0 Å². The van der Waals surface area contributed by atoms with E-state index in [0.717, 1.165) is 45.8 Å². The largest absolute Gasteiger partial charge is 0.368 e. The van der Waals surface area contributed by atoms with Gasteiger partial charge in [-0.15, -0.1) is 0 Å². The maximum Gasteiger partial charge on any atom is 0.236 e. The highest BCUT2D eigenvalue weighted by molar-refractivity contribution is 5.78. The number of aryl methyl sites for hydroxylation is 1. The molecule has 1 aromatic carbocycles. The monoisotopic (exact) mass is 316 g/mol. The molecule has 1 atom stereocenters. The summed E-state index contributed by atoms with van der Waals surface area (Å²) < 4.78 is 0. The van der Waals surface area contributed by atoms with E-state index in [4.69, 9.17) is 0 Å². The molecule has 0 unspecified atom stereocenters. The van der Waals surface area contributed by atoms with Gasteiger partial charge in [0, 0.05) is 57.5 Å². The molecule has 23 heavy (non-hydrogen) atoms. The second kappa shape index (κ2) is 7.32. The molecule has 5 heteroatoms. The summed E-state index contributed by atoms with van der Waals surface area (Å²) in [6, 6.07) is 9.06. The Morgan fingerprint density at radius 2 is 2.00 bits per heavy atom. The minimum absolute atomic E-state index is 0.280. The third-order valence-electron chi connectivity index (χ3n) is 4.98. The van der Waals surface area contributed by atoms with Crippen molar-refractivity contribution >= 4 is 11.6 Å². The standard InChI is InChI=1S/C18H28N4O/c1-15-4-3-5-17(12-15)20-8-10-21(11-9-20)18(23)14-22-7-6-19-13-16(22)2/h3-5,12,16,19H,6-11,13-14H2,1-2H3/t16-/m0/s1. The molecule has 0 saturated carbocycles. The number of nitrogens with zero attached hydrogens (tertiary/aromatic N) is 3. The van der Waals surface area contributed by atoms with Crippen LogP contribution in [-0.2, 0) is 4.79 Å². The first kappa shape index (κ1) is 16.3. The molecule has 0 aromatic heterocycles. The van der Waals surface area contributed by atoms with E-state index in [1.807, 2.05) is 4.90 Å². The Balaban J connectivity index is 1.51. The van der Waals surface area contributed by atoms with Crippen molar-refractivity contribution in [3.05, 3.63) is 29.8 Å². The maximum atomic E-state index is 12.6. The molecule has 5 nitrogen and oxygen atoms in total. The minimum atomic E-state index is 0.280. The molecule has 0 radical (unpaired) electrons. The summed E-state index contributed by atoms with van der Waals surface area (Å²) in [5.74, 6) is 0.280. The van der Waals surface area contributed by atoms with Crippen molar-refractivity contribution in [1.29, 1.82) is 0 Å². The summed E-state index contributed by atoms with van der Waals surface area (Å²) in [6.07, 6.45) is 0. The van der Waals surface area contributed by atoms with Crippen molar-refractivity contribution in [3.63, 3.8) is 0 Å². The van der Waals surface area contributed by atoms with Crippen molar-refractivity contribution in [2.45, 2.75) is 19.9 Å². The maximum absolute atomic E-state index is 12.6. The van der Waals surface area contributed by atoms with Crippen LogP contribution in [0.4, 0.5) is 5.69 Å². The van der Waals surface area contributed by atoms with Crippen LogP contribution < -0.4 is 10.2 Å². The van der Waals surface area contributed by atoms with Gasteiger partial charge in [0.05, 0.1) is 6.54 Å². The van der Waals surface area contributed by atoms with E-state index in [1.165, 1.54) is 11.3 Å². The number of piperazine rings is 2. The summed E-state index contributed by atoms with van der Waals surface area (Å²) in [7, 11) is 0. The summed E-state index contributed by atoms with van der Waals surface area (Å²) >= 11 is 0. The van der Waals surface area contributed by atoms with E-state index in [9.17, 15) is 4.79 Å². The molecule has 1 aromatic rings. The minimum Gasteiger partial charge on any atom is -0.368 e. The van der Waals surface area contributed by atoms with E-state index in [-0.39, 0.29) is 5.91 Å². The molecule has 2 heterocycles. The van der Waals surface area contributed by atoms with E-state index in [2.05, 4.69) is 53.2 Å². The number of anilines is 1. The van der Waals surface area contributed by atoms with Gasteiger partial charge in [0.25, 0.3) is 0 Å². The fourth-order valence-electron chi connectivity index (χ4n) is 3.43. The second-order valence-corrected chi connectivity index (χ2v) is 6.73. The molecule has 2 aliphatic rings. The molecular weight excluding hydrogens is 288 g/mol. The van der Waals surface area contributed by atoms with Gasteiger partial charge in [0.2, 0.25) is 5.91 Å². The third-order valence-corrected chi connectivity index (χ3v) is 4.98. The zero-order valence-corrected chi connectivity index (χ0v) is 14.3. The number of amides is 1. The Hall–Kier alpha value is -1.59. The van der Waals surface area contributed by atoms with Crippen molar-refractivity contribution in [1.82, 2.24) is 15.1 Å². The number of nitrogens with one attached hydrogen (secondary N) is 1. The summed E-state index contributed by atoms with van der Waals surface area (Å²) in [4.78, 5) is 19.3. The molecule has 0 spiro atoms. The topological polar surface area (TPSA) is 38.8 Å². The molecular formula is C18H28N4O.